The zero-order valence-corrected chi connectivity index (χ0v) is 10.9. The molecule has 1 atom stereocenters. The molecule has 0 saturated heterocycles. The molecular formula is C17H15NO2. The number of nitrogens with zero attached hydrogens (tertiary/aromatic N) is 1. The van der Waals surface area contributed by atoms with Gasteiger partial charge < -0.3 is 10.0 Å². The molecule has 1 N–H and O–H groups in total. The molecule has 3 heteroatoms. The van der Waals surface area contributed by atoms with Crippen LogP contribution >= 0.6 is 0 Å². The van der Waals surface area contributed by atoms with Gasteiger partial charge in [0.1, 0.15) is 0 Å². The molecule has 0 saturated carbocycles. The predicted octanol–water partition coefficient (Wildman–Crippen LogP) is 2.73. The Morgan fingerprint density at radius 3 is 2.50 bits per heavy atom. The van der Waals surface area contributed by atoms with Crippen molar-refractivity contribution in [1.82, 2.24) is 4.90 Å². The maximum Gasteiger partial charge on any atom is 0.260 e. The van der Waals surface area contributed by atoms with Gasteiger partial charge in [-0.1, -0.05) is 54.6 Å². The summed E-state index contributed by atoms with van der Waals surface area (Å²) in [7, 11) is 0. The molecule has 0 bridgehead atoms. The molecule has 2 aromatic carbocycles. The van der Waals surface area contributed by atoms with Gasteiger partial charge in [0.15, 0.2) is 6.10 Å². The minimum Gasteiger partial charge on any atom is -0.378 e. The number of amides is 1. The lowest BCUT2D eigenvalue weighted by Gasteiger charge is -2.20. The molecule has 0 aliphatic carbocycles. The molecule has 0 spiro atoms. The van der Waals surface area contributed by atoms with Crippen LogP contribution in [0.15, 0.2) is 60.8 Å². The SMILES string of the molecule is O=C1C(O)c2ccccc2C=CN1Cc1ccccc1. The van der Waals surface area contributed by atoms with E-state index in [-0.39, 0.29) is 5.91 Å². The number of benzene rings is 2. The van der Waals surface area contributed by atoms with E-state index in [0.29, 0.717) is 12.1 Å². The fourth-order valence-corrected chi connectivity index (χ4v) is 2.36. The minimum atomic E-state index is -1.11. The van der Waals surface area contributed by atoms with Crippen LogP contribution in [-0.2, 0) is 11.3 Å². The highest BCUT2D eigenvalue weighted by atomic mass is 16.3. The van der Waals surface area contributed by atoms with Gasteiger partial charge in [-0.2, -0.15) is 0 Å². The summed E-state index contributed by atoms with van der Waals surface area (Å²) >= 11 is 0. The van der Waals surface area contributed by atoms with Gasteiger partial charge in [-0.05, 0) is 22.8 Å². The third kappa shape index (κ3) is 2.36. The Kier molecular flexibility index (Phi) is 3.35. The van der Waals surface area contributed by atoms with E-state index < -0.39 is 6.10 Å². The number of carbonyl (C=O) groups is 1. The molecule has 1 aliphatic rings. The van der Waals surface area contributed by atoms with Crippen LogP contribution < -0.4 is 0 Å². The monoisotopic (exact) mass is 265 g/mol. The summed E-state index contributed by atoms with van der Waals surface area (Å²) in [6, 6.07) is 17.1. The minimum absolute atomic E-state index is 0.296. The van der Waals surface area contributed by atoms with Crippen molar-refractivity contribution < 1.29 is 9.90 Å². The van der Waals surface area contributed by atoms with E-state index in [4.69, 9.17) is 0 Å². The highest BCUT2D eigenvalue weighted by molar-refractivity contribution is 5.86. The van der Waals surface area contributed by atoms with Gasteiger partial charge in [0.05, 0.1) is 6.54 Å². The molecule has 0 aromatic heterocycles. The summed E-state index contributed by atoms with van der Waals surface area (Å²) in [5.74, 6) is -0.296. The fourth-order valence-electron chi connectivity index (χ4n) is 2.36. The lowest BCUT2D eigenvalue weighted by Crippen LogP contribution is -2.29. The Morgan fingerprint density at radius 2 is 1.70 bits per heavy atom. The Morgan fingerprint density at radius 1 is 1.00 bits per heavy atom. The highest BCUT2D eigenvalue weighted by Gasteiger charge is 2.26. The van der Waals surface area contributed by atoms with E-state index >= 15 is 0 Å². The second-order valence-corrected chi connectivity index (χ2v) is 4.80. The summed E-state index contributed by atoms with van der Waals surface area (Å²) in [5.41, 5.74) is 2.57. The molecule has 20 heavy (non-hydrogen) atoms. The third-order valence-corrected chi connectivity index (χ3v) is 3.44. The van der Waals surface area contributed by atoms with Gasteiger partial charge in [-0.25, -0.2) is 0 Å². The van der Waals surface area contributed by atoms with E-state index in [1.165, 1.54) is 0 Å². The average Bonchev–Trinajstić information content (AvgIpc) is 2.61. The van der Waals surface area contributed by atoms with Crippen molar-refractivity contribution in [2.45, 2.75) is 12.6 Å². The van der Waals surface area contributed by atoms with Crippen LogP contribution in [0.1, 0.15) is 22.8 Å². The summed E-state index contributed by atoms with van der Waals surface area (Å²) < 4.78 is 0. The van der Waals surface area contributed by atoms with E-state index in [1.54, 1.807) is 17.2 Å². The number of aliphatic hydroxyl groups excluding tert-OH is 1. The van der Waals surface area contributed by atoms with Crippen LogP contribution in [0.4, 0.5) is 0 Å². The molecule has 2 aromatic rings. The second kappa shape index (κ2) is 5.31. The van der Waals surface area contributed by atoms with Crippen molar-refractivity contribution in [2.75, 3.05) is 0 Å². The first-order chi connectivity index (χ1) is 9.75. The van der Waals surface area contributed by atoms with E-state index in [1.807, 2.05) is 54.6 Å². The predicted molar refractivity (Wildman–Crippen MR) is 77.4 cm³/mol. The van der Waals surface area contributed by atoms with E-state index in [0.717, 1.165) is 11.1 Å². The molecule has 0 radical (unpaired) electrons. The fraction of sp³-hybridized carbons (Fsp3) is 0.118. The smallest absolute Gasteiger partial charge is 0.260 e. The first-order valence-electron chi connectivity index (χ1n) is 6.55. The Hall–Kier alpha value is -2.39. The number of hydrogen-bond acceptors (Lipinski definition) is 2. The van der Waals surface area contributed by atoms with Crippen LogP contribution in [0.5, 0.6) is 0 Å². The van der Waals surface area contributed by atoms with Crippen molar-refractivity contribution >= 4 is 12.0 Å². The summed E-state index contributed by atoms with van der Waals surface area (Å²) in [6.07, 6.45) is 2.50. The van der Waals surface area contributed by atoms with Gasteiger partial charge in [0.25, 0.3) is 5.91 Å². The molecule has 100 valence electrons. The van der Waals surface area contributed by atoms with Crippen LogP contribution in [0.3, 0.4) is 0 Å². The second-order valence-electron chi connectivity index (χ2n) is 4.80. The van der Waals surface area contributed by atoms with Gasteiger partial charge in [-0.3, -0.25) is 4.79 Å². The maximum absolute atomic E-state index is 12.3. The van der Waals surface area contributed by atoms with Gasteiger partial charge >= 0.3 is 0 Å². The number of rotatable bonds is 2. The Balaban J connectivity index is 1.91. The molecule has 3 nitrogen and oxygen atoms in total. The lowest BCUT2D eigenvalue weighted by molar-refractivity contribution is -0.138. The van der Waals surface area contributed by atoms with Crippen LogP contribution in [0.25, 0.3) is 6.08 Å². The van der Waals surface area contributed by atoms with Gasteiger partial charge in [-0.15, -0.1) is 0 Å². The Labute approximate surface area is 117 Å². The van der Waals surface area contributed by atoms with Crippen molar-refractivity contribution in [1.29, 1.82) is 0 Å². The van der Waals surface area contributed by atoms with E-state index in [9.17, 15) is 9.90 Å². The zero-order valence-electron chi connectivity index (χ0n) is 10.9. The van der Waals surface area contributed by atoms with Gasteiger partial charge in [0, 0.05) is 6.20 Å². The van der Waals surface area contributed by atoms with Crippen LogP contribution in [-0.4, -0.2) is 15.9 Å². The maximum atomic E-state index is 12.3. The molecule has 1 aliphatic heterocycles. The molecule has 1 heterocycles. The zero-order chi connectivity index (χ0) is 13.9. The molecular weight excluding hydrogens is 250 g/mol. The number of fused-ring (bicyclic) bond motifs is 1. The first kappa shape index (κ1) is 12.6. The number of carbonyl (C=O) groups excluding carboxylic acids is 1. The van der Waals surface area contributed by atoms with E-state index in [2.05, 4.69) is 0 Å². The largest absolute Gasteiger partial charge is 0.378 e. The van der Waals surface area contributed by atoms with Crippen molar-refractivity contribution in [2.24, 2.45) is 0 Å². The summed E-state index contributed by atoms with van der Waals surface area (Å²) in [4.78, 5) is 13.9. The van der Waals surface area contributed by atoms with Crippen molar-refractivity contribution in [3.05, 3.63) is 77.5 Å². The van der Waals surface area contributed by atoms with Crippen molar-refractivity contribution in [3.8, 4) is 0 Å². The standard InChI is InChI=1S/C17H15NO2/c19-16-15-9-5-4-8-14(15)10-11-18(17(16)20)12-13-6-2-1-3-7-13/h1-11,16,19H,12H2. The topological polar surface area (TPSA) is 40.5 Å². The third-order valence-electron chi connectivity index (χ3n) is 3.44. The van der Waals surface area contributed by atoms with Crippen LogP contribution in [0, 0.1) is 0 Å². The highest BCUT2D eigenvalue weighted by Crippen LogP contribution is 2.25. The molecule has 3 rings (SSSR count). The molecule has 1 unspecified atom stereocenters. The first-order valence-corrected chi connectivity index (χ1v) is 6.55. The normalized spacial score (nSPS) is 17.8. The van der Waals surface area contributed by atoms with Crippen LogP contribution in [0.2, 0.25) is 0 Å². The number of hydrogen-bond donors (Lipinski definition) is 1. The quantitative estimate of drug-likeness (QED) is 0.907. The summed E-state index contributed by atoms with van der Waals surface area (Å²) in [5, 5.41) is 10.2. The summed E-state index contributed by atoms with van der Waals surface area (Å²) in [6.45, 7) is 0.460. The lowest BCUT2D eigenvalue weighted by atomic mass is 10.0. The van der Waals surface area contributed by atoms with Crippen molar-refractivity contribution in [3.63, 3.8) is 0 Å². The molecule has 1 amide bonds. The van der Waals surface area contributed by atoms with Gasteiger partial charge in [0.2, 0.25) is 0 Å². The average molecular weight is 265 g/mol. The Bertz CT molecular complexity index is 649. The number of aliphatic hydroxyl groups is 1. The molecule has 0 fully saturated rings.